The summed E-state index contributed by atoms with van der Waals surface area (Å²) in [5, 5.41) is 12.3. The van der Waals surface area contributed by atoms with Crippen molar-refractivity contribution in [1.29, 1.82) is 0 Å². The number of nitrogens with zero attached hydrogens (tertiary/aromatic N) is 1. The molecule has 1 aromatic heterocycles. The quantitative estimate of drug-likeness (QED) is 0.849. The average Bonchev–Trinajstić information content (AvgIpc) is 3.20. The Bertz CT molecular complexity index is 543. The highest BCUT2D eigenvalue weighted by Gasteiger charge is 2.27. The van der Waals surface area contributed by atoms with Gasteiger partial charge in [0.25, 0.3) is 0 Å². The molecule has 1 aromatic carbocycles. The van der Waals surface area contributed by atoms with Gasteiger partial charge >= 0.3 is 0 Å². The molecule has 0 radical (unpaired) electrons. The minimum atomic E-state index is -0.427. The summed E-state index contributed by atoms with van der Waals surface area (Å²) >= 11 is 1.69. The van der Waals surface area contributed by atoms with E-state index in [1.54, 1.807) is 11.3 Å². The van der Waals surface area contributed by atoms with Crippen molar-refractivity contribution in [2.24, 2.45) is 0 Å². The molecule has 0 amide bonds. The van der Waals surface area contributed by atoms with Crippen molar-refractivity contribution in [2.75, 3.05) is 19.7 Å². The van der Waals surface area contributed by atoms with Crippen molar-refractivity contribution in [3.63, 3.8) is 0 Å². The maximum atomic E-state index is 10.2. The van der Waals surface area contributed by atoms with Crippen LogP contribution in [0, 0.1) is 0 Å². The second-order valence-corrected chi connectivity index (χ2v) is 6.84. The highest BCUT2D eigenvalue weighted by Crippen LogP contribution is 2.31. The van der Waals surface area contributed by atoms with Crippen LogP contribution in [0.25, 0.3) is 0 Å². The molecule has 2 unspecified atom stereocenters. The molecule has 2 aromatic rings. The number of aliphatic hydroxyl groups is 1. The Morgan fingerprint density at radius 1 is 1.23 bits per heavy atom. The van der Waals surface area contributed by atoms with Crippen LogP contribution in [0.3, 0.4) is 0 Å². The van der Waals surface area contributed by atoms with Crippen molar-refractivity contribution in [2.45, 2.75) is 31.6 Å². The Labute approximate surface area is 136 Å². The predicted octanol–water partition coefficient (Wildman–Crippen LogP) is 3.46. The number of thiophene rings is 1. The molecular weight excluding hydrogens is 294 g/mol. The highest BCUT2D eigenvalue weighted by molar-refractivity contribution is 7.09. The van der Waals surface area contributed by atoms with E-state index in [-0.39, 0.29) is 0 Å². The van der Waals surface area contributed by atoms with E-state index >= 15 is 0 Å². The van der Waals surface area contributed by atoms with E-state index in [0.29, 0.717) is 25.8 Å². The monoisotopic (exact) mass is 317 g/mol. The van der Waals surface area contributed by atoms with Gasteiger partial charge in [0.2, 0.25) is 0 Å². The lowest BCUT2D eigenvalue weighted by molar-refractivity contribution is 0.00848. The number of hydrogen-bond donors (Lipinski definition) is 1. The van der Waals surface area contributed by atoms with Gasteiger partial charge in [0.15, 0.2) is 0 Å². The van der Waals surface area contributed by atoms with E-state index in [1.165, 1.54) is 23.3 Å². The second kappa shape index (κ2) is 7.88. The molecule has 0 spiro atoms. The van der Waals surface area contributed by atoms with Crippen LogP contribution >= 0.6 is 11.3 Å². The largest absolute Gasteiger partial charge is 0.389 e. The van der Waals surface area contributed by atoms with E-state index in [0.717, 1.165) is 6.54 Å². The number of β-amino-alcohol motifs (C(OH)–C–C–N with tert-alkyl or cyclic N) is 1. The lowest BCUT2D eigenvalue weighted by Crippen LogP contribution is -2.34. The van der Waals surface area contributed by atoms with Gasteiger partial charge < -0.3 is 9.84 Å². The van der Waals surface area contributed by atoms with Crippen molar-refractivity contribution in [1.82, 2.24) is 4.90 Å². The van der Waals surface area contributed by atoms with Crippen molar-refractivity contribution in [3.05, 3.63) is 58.3 Å². The first-order valence-corrected chi connectivity index (χ1v) is 8.78. The number of ether oxygens (including phenoxy) is 1. The zero-order valence-corrected chi connectivity index (χ0v) is 13.5. The van der Waals surface area contributed by atoms with Crippen LogP contribution in [0.15, 0.2) is 47.8 Å². The van der Waals surface area contributed by atoms with Gasteiger partial charge in [-0.05, 0) is 36.4 Å². The molecule has 1 saturated heterocycles. The van der Waals surface area contributed by atoms with E-state index in [4.69, 9.17) is 4.74 Å². The van der Waals surface area contributed by atoms with Crippen LogP contribution in [0.5, 0.6) is 0 Å². The molecule has 4 heteroatoms. The summed E-state index contributed by atoms with van der Waals surface area (Å²) in [6.07, 6.45) is 1.94. The standard InChI is InChI=1S/C18H23NO2S/c20-16(13-21-14-17-8-5-11-22-17)12-19-10-4-9-18(19)15-6-2-1-3-7-15/h1-3,5-8,11,16,18,20H,4,9-10,12-14H2. The third-order valence-electron chi connectivity index (χ3n) is 4.13. The van der Waals surface area contributed by atoms with Gasteiger partial charge in [-0.25, -0.2) is 0 Å². The van der Waals surface area contributed by atoms with Gasteiger partial charge in [-0.1, -0.05) is 36.4 Å². The fourth-order valence-corrected chi connectivity index (χ4v) is 3.75. The van der Waals surface area contributed by atoms with Gasteiger partial charge in [-0.15, -0.1) is 11.3 Å². The molecular formula is C18H23NO2S. The summed E-state index contributed by atoms with van der Waals surface area (Å²) in [4.78, 5) is 3.59. The molecule has 0 aliphatic carbocycles. The van der Waals surface area contributed by atoms with Crippen molar-refractivity contribution >= 4 is 11.3 Å². The molecule has 0 saturated carbocycles. The fraction of sp³-hybridized carbons (Fsp3) is 0.444. The van der Waals surface area contributed by atoms with Crippen LogP contribution in [0.2, 0.25) is 0 Å². The number of aliphatic hydroxyl groups excluding tert-OH is 1. The van der Waals surface area contributed by atoms with Gasteiger partial charge in [-0.2, -0.15) is 0 Å². The van der Waals surface area contributed by atoms with Crippen LogP contribution < -0.4 is 0 Å². The predicted molar refractivity (Wildman–Crippen MR) is 90.0 cm³/mol. The molecule has 1 N–H and O–H groups in total. The molecule has 1 fully saturated rings. The minimum Gasteiger partial charge on any atom is -0.389 e. The van der Waals surface area contributed by atoms with Crippen molar-refractivity contribution in [3.8, 4) is 0 Å². The molecule has 1 aliphatic rings. The fourth-order valence-electron chi connectivity index (χ4n) is 3.11. The normalized spacial score (nSPS) is 20.3. The number of rotatable bonds is 7. The minimum absolute atomic E-state index is 0.399. The number of hydrogen-bond acceptors (Lipinski definition) is 4. The molecule has 0 bridgehead atoms. The zero-order chi connectivity index (χ0) is 15.2. The van der Waals surface area contributed by atoms with E-state index < -0.39 is 6.10 Å². The summed E-state index contributed by atoms with van der Waals surface area (Å²) in [6, 6.07) is 15.1. The van der Waals surface area contributed by atoms with Crippen LogP contribution in [-0.4, -0.2) is 35.8 Å². The summed E-state index contributed by atoms with van der Waals surface area (Å²) in [6.45, 7) is 2.73. The van der Waals surface area contributed by atoms with E-state index in [1.807, 2.05) is 11.4 Å². The van der Waals surface area contributed by atoms with Crippen molar-refractivity contribution < 1.29 is 9.84 Å². The Kier molecular flexibility index (Phi) is 5.62. The maximum absolute atomic E-state index is 10.2. The number of likely N-dealkylation sites (tertiary alicyclic amines) is 1. The SMILES string of the molecule is OC(COCc1cccs1)CN1CCCC1c1ccccc1. The second-order valence-electron chi connectivity index (χ2n) is 5.81. The number of benzene rings is 1. The summed E-state index contributed by atoms with van der Waals surface area (Å²) < 4.78 is 5.62. The summed E-state index contributed by atoms with van der Waals surface area (Å²) in [5.74, 6) is 0. The smallest absolute Gasteiger partial charge is 0.0900 e. The van der Waals surface area contributed by atoms with Gasteiger partial charge in [0.1, 0.15) is 0 Å². The lowest BCUT2D eigenvalue weighted by atomic mass is 10.0. The molecule has 3 nitrogen and oxygen atoms in total. The van der Waals surface area contributed by atoms with Crippen LogP contribution in [0.1, 0.15) is 29.3 Å². The lowest BCUT2D eigenvalue weighted by Gasteiger charge is -2.27. The Balaban J connectivity index is 1.47. The van der Waals surface area contributed by atoms with Crippen LogP contribution in [0.4, 0.5) is 0 Å². The Morgan fingerprint density at radius 2 is 2.09 bits per heavy atom. The average molecular weight is 317 g/mol. The van der Waals surface area contributed by atoms with E-state index in [9.17, 15) is 5.11 Å². The Hall–Kier alpha value is -1.20. The first-order chi connectivity index (χ1) is 10.8. The third kappa shape index (κ3) is 4.17. The molecule has 22 heavy (non-hydrogen) atoms. The molecule has 3 rings (SSSR count). The molecule has 1 aliphatic heterocycles. The van der Waals surface area contributed by atoms with Gasteiger partial charge in [0.05, 0.1) is 19.3 Å². The topological polar surface area (TPSA) is 32.7 Å². The van der Waals surface area contributed by atoms with Gasteiger partial charge in [0, 0.05) is 17.5 Å². The first kappa shape index (κ1) is 15.7. The Morgan fingerprint density at radius 3 is 2.86 bits per heavy atom. The summed E-state index contributed by atoms with van der Waals surface area (Å²) in [5.41, 5.74) is 1.35. The zero-order valence-electron chi connectivity index (χ0n) is 12.7. The van der Waals surface area contributed by atoms with Crippen LogP contribution in [-0.2, 0) is 11.3 Å². The van der Waals surface area contributed by atoms with E-state index in [2.05, 4.69) is 41.3 Å². The molecule has 2 atom stereocenters. The molecule has 2 heterocycles. The third-order valence-corrected chi connectivity index (χ3v) is 4.98. The summed E-state index contributed by atoms with van der Waals surface area (Å²) in [7, 11) is 0. The first-order valence-electron chi connectivity index (χ1n) is 7.90. The highest BCUT2D eigenvalue weighted by atomic mass is 32.1. The van der Waals surface area contributed by atoms with Gasteiger partial charge in [-0.3, -0.25) is 4.90 Å². The maximum Gasteiger partial charge on any atom is 0.0900 e. The molecule has 118 valence electrons.